The molecule has 2 atom stereocenters. The van der Waals surface area contributed by atoms with Gasteiger partial charge in [-0.2, -0.15) is 0 Å². The molecule has 0 bridgehead atoms. The Morgan fingerprint density at radius 3 is 2.08 bits per heavy atom. The molecule has 1 saturated heterocycles. The van der Waals surface area contributed by atoms with Crippen molar-refractivity contribution in [1.82, 2.24) is 0 Å². The van der Waals surface area contributed by atoms with Gasteiger partial charge in [-0.05, 0) is 33.5 Å². The van der Waals surface area contributed by atoms with Crippen LogP contribution >= 0.6 is 0 Å². The maximum atomic E-state index is 7.99. The Bertz CT molecular complexity index is 317. The van der Waals surface area contributed by atoms with E-state index in [9.17, 15) is 0 Å². The van der Waals surface area contributed by atoms with Gasteiger partial charge < -0.3 is 9.31 Å². The average Bonchev–Trinajstić information content (AvgIpc) is 2.39. The summed E-state index contributed by atoms with van der Waals surface area (Å²) >= 11 is 0. The van der Waals surface area contributed by atoms with E-state index in [-0.39, 0.29) is 0 Å². The van der Waals surface area contributed by atoms with Gasteiger partial charge in [-0.1, -0.05) is 12.8 Å². The van der Waals surface area contributed by atoms with Gasteiger partial charge in [0.2, 0.25) is 0 Å². The Hall–Kier alpha value is -0.0151. The molecule has 2 nitrogen and oxygen atoms in total. The van der Waals surface area contributed by atoms with Crippen molar-refractivity contribution >= 4 is 7.12 Å². The van der Waals surface area contributed by atoms with Crippen molar-refractivity contribution < 1.29 is 14.8 Å². The van der Waals surface area contributed by atoms with E-state index in [1.165, 1.54) is 0 Å². The molecule has 2 fully saturated rings. The lowest BCUT2D eigenvalue weighted by atomic mass is 9.82. The average molecular weight is 172 g/mol. The summed E-state index contributed by atoms with van der Waals surface area (Å²) in [7, 11) is -0.963. The fraction of sp³-hybridized carbons (Fsp3) is 1.00. The highest BCUT2D eigenvalue weighted by molar-refractivity contribution is 6.48. The van der Waals surface area contributed by atoms with E-state index in [1.54, 1.807) is 0 Å². The highest BCUT2D eigenvalue weighted by Gasteiger charge is 2.55. The van der Waals surface area contributed by atoms with E-state index in [0.717, 1.165) is 0 Å². The third-order valence-corrected chi connectivity index (χ3v) is 2.82. The molecule has 2 rings (SSSR count). The van der Waals surface area contributed by atoms with Crippen LogP contribution < -0.4 is 0 Å². The smallest absolute Gasteiger partial charge is 0.403 e. The quantitative estimate of drug-likeness (QED) is 0.564. The first-order chi connectivity index (χ1) is 6.97. The Balaban J connectivity index is 2.23. The predicted octanol–water partition coefficient (Wildman–Crippen LogP) is 2.24. The minimum Gasteiger partial charge on any atom is -0.403 e. The lowest BCUT2D eigenvalue weighted by Crippen LogP contribution is -2.41. The molecule has 0 radical (unpaired) electrons. The van der Waals surface area contributed by atoms with Gasteiger partial charge >= 0.3 is 7.12 Å². The van der Waals surface area contributed by atoms with E-state index in [1.807, 2.05) is 27.7 Å². The van der Waals surface area contributed by atoms with E-state index < -0.39 is 36.9 Å². The molecule has 12 heavy (non-hydrogen) atoms. The molecule has 0 N–H and O–H groups in total. The van der Waals surface area contributed by atoms with Crippen molar-refractivity contribution in [2.45, 2.75) is 57.5 Å². The second kappa shape index (κ2) is 2.27. The molecule has 1 aliphatic carbocycles. The standard InChI is InChI=1S/C9H17BO2/c1-8(2)9(3,4)12-10(11-8)7-5-6-7/h7H,5-6H2,1-4H3/i5D,6D2,7D. The fourth-order valence-corrected chi connectivity index (χ4v) is 1.15. The summed E-state index contributed by atoms with van der Waals surface area (Å²) in [4.78, 5) is 0. The maximum absolute atomic E-state index is 7.99. The molecule has 1 aliphatic heterocycles. The topological polar surface area (TPSA) is 18.5 Å². The van der Waals surface area contributed by atoms with Gasteiger partial charge in [-0.3, -0.25) is 0 Å². The Morgan fingerprint density at radius 1 is 1.33 bits per heavy atom. The van der Waals surface area contributed by atoms with Crippen LogP contribution in [-0.2, 0) is 9.31 Å². The van der Waals surface area contributed by atoms with Crippen molar-refractivity contribution in [3.63, 3.8) is 0 Å². The molecule has 1 saturated carbocycles. The molecule has 68 valence electrons. The molecule has 0 spiro atoms. The van der Waals surface area contributed by atoms with Crippen molar-refractivity contribution in [2.75, 3.05) is 0 Å². The summed E-state index contributed by atoms with van der Waals surface area (Å²) in [6.07, 6.45) is -2.96. The fourth-order valence-electron chi connectivity index (χ4n) is 1.15. The third-order valence-electron chi connectivity index (χ3n) is 2.82. The molecule has 2 aliphatic rings. The van der Waals surface area contributed by atoms with E-state index in [2.05, 4.69) is 0 Å². The SMILES string of the molecule is [2H]C1C([2H])([2H])C1([2H])B1OC(C)(C)C(C)(C)O1. The largest absolute Gasteiger partial charge is 0.461 e. The molecule has 2 unspecified atom stereocenters. The third kappa shape index (κ3) is 1.19. The maximum Gasteiger partial charge on any atom is 0.461 e. The van der Waals surface area contributed by atoms with Crippen LogP contribution in [-0.4, -0.2) is 18.3 Å². The van der Waals surface area contributed by atoms with Gasteiger partial charge in [0.05, 0.1) is 11.2 Å². The zero-order valence-corrected chi connectivity index (χ0v) is 7.97. The Kier molecular flexibility index (Phi) is 0.947. The molecule has 1 heterocycles. The van der Waals surface area contributed by atoms with E-state index in [0.29, 0.717) is 0 Å². The lowest BCUT2D eigenvalue weighted by molar-refractivity contribution is 0.00578. The van der Waals surface area contributed by atoms with Crippen molar-refractivity contribution in [2.24, 2.45) is 0 Å². The lowest BCUT2D eigenvalue weighted by Gasteiger charge is -2.32. The summed E-state index contributed by atoms with van der Waals surface area (Å²) in [5.41, 5.74) is -1.16. The van der Waals surface area contributed by atoms with Crippen LogP contribution in [0.1, 0.15) is 45.9 Å². The molecule has 0 aromatic rings. The first-order valence-corrected chi connectivity index (χ1v) is 4.25. The highest BCUT2D eigenvalue weighted by Crippen LogP contribution is 2.48. The van der Waals surface area contributed by atoms with Crippen LogP contribution in [0.4, 0.5) is 0 Å². The van der Waals surface area contributed by atoms with Crippen molar-refractivity contribution in [1.29, 1.82) is 0 Å². The van der Waals surface area contributed by atoms with Crippen molar-refractivity contribution in [3.05, 3.63) is 0 Å². The van der Waals surface area contributed by atoms with Gasteiger partial charge in [0.25, 0.3) is 0 Å². The van der Waals surface area contributed by atoms with Crippen molar-refractivity contribution in [3.8, 4) is 0 Å². The molecule has 0 aromatic heterocycles. The van der Waals surface area contributed by atoms with Crippen LogP contribution in [0.25, 0.3) is 0 Å². The number of rotatable bonds is 1. The second-order valence-corrected chi connectivity index (χ2v) is 4.33. The summed E-state index contributed by atoms with van der Waals surface area (Å²) in [5, 5.41) is 0. The minimum atomic E-state index is -1.85. The van der Waals surface area contributed by atoms with Crippen LogP contribution in [0.15, 0.2) is 0 Å². The summed E-state index contributed by atoms with van der Waals surface area (Å²) < 4.78 is 41.9. The Morgan fingerprint density at radius 2 is 1.75 bits per heavy atom. The summed E-state index contributed by atoms with van der Waals surface area (Å²) in [6.45, 7) is 7.42. The van der Waals surface area contributed by atoms with Crippen LogP contribution in [0.5, 0.6) is 0 Å². The van der Waals surface area contributed by atoms with Gasteiger partial charge in [-0.25, -0.2) is 0 Å². The van der Waals surface area contributed by atoms with Gasteiger partial charge in [0.15, 0.2) is 0 Å². The summed E-state index contributed by atoms with van der Waals surface area (Å²) in [5.74, 6) is -1.60. The van der Waals surface area contributed by atoms with Crippen LogP contribution in [0, 0.1) is 0 Å². The Labute approximate surface area is 80.4 Å². The normalized spacial score (nSPS) is 58.3. The van der Waals surface area contributed by atoms with Gasteiger partial charge in [0.1, 0.15) is 0 Å². The van der Waals surface area contributed by atoms with E-state index in [4.69, 9.17) is 14.8 Å². The van der Waals surface area contributed by atoms with Crippen LogP contribution in [0.2, 0.25) is 5.79 Å². The zero-order chi connectivity index (χ0) is 12.6. The first kappa shape index (κ1) is 5.01. The molecular formula is C9H17BO2. The molecular weight excluding hydrogens is 151 g/mol. The van der Waals surface area contributed by atoms with Gasteiger partial charge in [-0.15, -0.1) is 0 Å². The molecule has 0 amide bonds. The monoisotopic (exact) mass is 172 g/mol. The molecule has 0 aromatic carbocycles. The minimum absolute atomic E-state index is 0.579. The number of hydrogen-bond donors (Lipinski definition) is 0. The molecule has 3 heteroatoms. The van der Waals surface area contributed by atoms with Crippen LogP contribution in [0.3, 0.4) is 0 Å². The first-order valence-electron chi connectivity index (χ1n) is 6.32. The zero-order valence-electron chi connectivity index (χ0n) is 12.0. The number of hydrogen-bond acceptors (Lipinski definition) is 2. The summed E-state index contributed by atoms with van der Waals surface area (Å²) in [6, 6.07) is 0. The second-order valence-electron chi connectivity index (χ2n) is 4.33. The predicted molar refractivity (Wildman–Crippen MR) is 49.1 cm³/mol. The van der Waals surface area contributed by atoms with E-state index >= 15 is 0 Å². The highest BCUT2D eigenvalue weighted by atomic mass is 16.7. The van der Waals surface area contributed by atoms with Gasteiger partial charge in [0, 0.05) is 5.48 Å².